The Bertz CT molecular complexity index is 221. The van der Waals surface area contributed by atoms with E-state index in [1.165, 1.54) is 6.33 Å². The van der Waals surface area contributed by atoms with E-state index >= 15 is 0 Å². The van der Waals surface area contributed by atoms with E-state index in [9.17, 15) is 0 Å². The first kappa shape index (κ1) is 6.92. The Balaban J connectivity index is 2.96. The van der Waals surface area contributed by atoms with Gasteiger partial charge in [0.05, 0.1) is 0 Å². The highest BCUT2D eigenvalue weighted by Crippen LogP contribution is 2.06. The van der Waals surface area contributed by atoms with Crippen LogP contribution in [0.25, 0.3) is 0 Å². The van der Waals surface area contributed by atoms with Crippen molar-refractivity contribution >= 4 is 5.95 Å². The smallest absolute Gasteiger partial charge is 0.223 e. The van der Waals surface area contributed by atoms with E-state index in [1.807, 2.05) is 13.8 Å². The second-order valence-electron chi connectivity index (χ2n) is 2.36. The van der Waals surface area contributed by atoms with Gasteiger partial charge in [0.1, 0.15) is 12.2 Å². The van der Waals surface area contributed by atoms with E-state index < -0.39 is 0 Å². The van der Waals surface area contributed by atoms with Gasteiger partial charge in [-0.1, -0.05) is 13.8 Å². The lowest BCUT2D eigenvalue weighted by molar-refractivity contribution is 0.764. The molecule has 54 valence electrons. The predicted molar refractivity (Wildman–Crippen MR) is 38.3 cm³/mol. The Morgan fingerprint density at radius 2 is 2.10 bits per heavy atom. The van der Waals surface area contributed by atoms with Gasteiger partial charge in [0.25, 0.3) is 0 Å². The minimum Gasteiger partial charge on any atom is -0.368 e. The van der Waals surface area contributed by atoms with Gasteiger partial charge in [-0.3, -0.25) is 0 Å². The zero-order valence-electron chi connectivity index (χ0n) is 6.07. The van der Waals surface area contributed by atoms with Crippen molar-refractivity contribution in [3.63, 3.8) is 0 Å². The maximum atomic E-state index is 5.33. The third kappa shape index (κ3) is 1.40. The van der Waals surface area contributed by atoms with Crippen molar-refractivity contribution in [1.82, 2.24) is 15.0 Å². The molecule has 0 atom stereocenters. The Morgan fingerprint density at radius 1 is 1.40 bits per heavy atom. The number of hydrogen-bond acceptors (Lipinski definition) is 4. The molecule has 0 unspecified atom stereocenters. The molecule has 0 aromatic carbocycles. The molecule has 0 saturated heterocycles. The molecule has 0 spiro atoms. The largest absolute Gasteiger partial charge is 0.368 e. The highest BCUT2D eigenvalue weighted by molar-refractivity contribution is 5.13. The van der Waals surface area contributed by atoms with Crippen LogP contribution in [-0.2, 0) is 0 Å². The summed E-state index contributed by atoms with van der Waals surface area (Å²) in [6.07, 6.45) is 1.43. The highest BCUT2D eigenvalue weighted by atomic mass is 15.1. The standard InChI is InChI=1S/C6H10N4/c1-4(2)5-8-3-9-6(7)10-5/h3-4H,1-2H3,(H2,7,8,9,10). The molecule has 0 saturated carbocycles. The molecule has 0 amide bonds. The van der Waals surface area contributed by atoms with Crippen molar-refractivity contribution in [2.24, 2.45) is 0 Å². The topological polar surface area (TPSA) is 64.7 Å². The molecule has 2 N–H and O–H groups in total. The van der Waals surface area contributed by atoms with Crippen LogP contribution >= 0.6 is 0 Å². The molecular weight excluding hydrogens is 128 g/mol. The van der Waals surface area contributed by atoms with Crippen molar-refractivity contribution in [3.05, 3.63) is 12.2 Å². The normalized spacial score (nSPS) is 10.3. The number of anilines is 1. The first-order valence-corrected chi connectivity index (χ1v) is 3.14. The lowest BCUT2D eigenvalue weighted by Crippen LogP contribution is -2.02. The summed E-state index contributed by atoms with van der Waals surface area (Å²) in [6, 6.07) is 0. The number of nitrogen functional groups attached to an aromatic ring is 1. The van der Waals surface area contributed by atoms with E-state index in [0.717, 1.165) is 5.82 Å². The summed E-state index contributed by atoms with van der Waals surface area (Å²) in [5.74, 6) is 1.34. The Labute approximate surface area is 59.5 Å². The summed E-state index contributed by atoms with van der Waals surface area (Å²) in [5, 5.41) is 0. The summed E-state index contributed by atoms with van der Waals surface area (Å²) < 4.78 is 0. The third-order valence-electron chi connectivity index (χ3n) is 1.13. The van der Waals surface area contributed by atoms with E-state index in [4.69, 9.17) is 5.73 Å². The minimum atomic E-state index is 0.290. The van der Waals surface area contributed by atoms with Crippen molar-refractivity contribution in [2.45, 2.75) is 19.8 Å². The van der Waals surface area contributed by atoms with Crippen LogP contribution in [-0.4, -0.2) is 15.0 Å². The number of aromatic nitrogens is 3. The third-order valence-corrected chi connectivity index (χ3v) is 1.13. The first-order chi connectivity index (χ1) is 4.70. The van der Waals surface area contributed by atoms with Crippen molar-refractivity contribution in [1.29, 1.82) is 0 Å². The van der Waals surface area contributed by atoms with Gasteiger partial charge in [-0.2, -0.15) is 4.98 Å². The molecule has 4 nitrogen and oxygen atoms in total. The summed E-state index contributed by atoms with van der Waals surface area (Å²) in [7, 11) is 0. The second kappa shape index (κ2) is 2.60. The molecule has 10 heavy (non-hydrogen) atoms. The first-order valence-electron chi connectivity index (χ1n) is 3.14. The van der Waals surface area contributed by atoms with Crippen molar-refractivity contribution < 1.29 is 0 Å². The molecule has 1 aromatic heterocycles. The van der Waals surface area contributed by atoms with E-state index in [-0.39, 0.29) is 0 Å². The average Bonchev–Trinajstić information content (AvgIpc) is 1.88. The molecule has 0 aliphatic carbocycles. The van der Waals surface area contributed by atoms with Gasteiger partial charge in [0.15, 0.2) is 0 Å². The zero-order chi connectivity index (χ0) is 7.56. The van der Waals surface area contributed by atoms with Crippen LogP contribution in [0.5, 0.6) is 0 Å². The minimum absolute atomic E-state index is 0.290. The molecule has 0 radical (unpaired) electrons. The van der Waals surface area contributed by atoms with Gasteiger partial charge in [0.2, 0.25) is 5.95 Å². The molecule has 1 aromatic rings. The number of nitrogens with two attached hydrogens (primary N) is 1. The Morgan fingerprint density at radius 3 is 2.50 bits per heavy atom. The SMILES string of the molecule is CC(C)c1ncnc(N)n1. The van der Waals surface area contributed by atoms with Gasteiger partial charge in [-0.15, -0.1) is 0 Å². The van der Waals surface area contributed by atoms with Crippen LogP contribution < -0.4 is 5.73 Å². The van der Waals surface area contributed by atoms with Gasteiger partial charge in [0, 0.05) is 5.92 Å². The van der Waals surface area contributed by atoms with E-state index in [1.54, 1.807) is 0 Å². The Hall–Kier alpha value is -1.19. The van der Waals surface area contributed by atoms with Crippen molar-refractivity contribution in [2.75, 3.05) is 5.73 Å². The summed E-state index contributed by atoms with van der Waals surface area (Å²) in [4.78, 5) is 11.5. The van der Waals surface area contributed by atoms with Gasteiger partial charge in [-0.25, -0.2) is 9.97 Å². The van der Waals surface area contributed by atoms with Gasteiger partial charge < -0.3 is 5.73 Å². The van der Waals surface area contributed by atoms with Crippen LogP contribution in [0.3, 0.4) is 0 Å². The fourth-order valence-electron chi connectivity index (χ4n) is 0.600. The zero-order valence-corrected chi connectivity index (χ0v) is 6.07. The maximum Gasteiger partial charge on any atom is 0.223 e. The second-order valence-corrected chi connectivity index (χ2v) is 2.36. The quantitative estimate of drug-likeness (QED) is 0.616. The molecule has 1 heterocycles. The molecule has 0 bridgehead atoms. The average molecular weight is 138 g/mol. The van der Waals surface area contributed by atoms with Gasteiger partial charge >= 0.3 is 0 Å². The van der Waals surface area contributed by atoms with Crippen LogP contribution in [0, 0.1) is 0 Å². The van der Waals surface area contributed by atoms with E-state index in [0.29, 0.717) is 11.9 Å². The van der Waals surface area contributed by atoms with Crippen LogP contribution in [0.4, 0.5) is 5.95 Å². The van der Waals surface area contributed by atoms with E-state index in [2.05, 4.69) is 15.0 Å². The van der Waals surface area contributed by atoms with Gasteiger partial charge in [-0.05, 0) is 0 Å². The fraction of sp³-hybridized carbons (Fsp3) is 0.500. The Kier molecular flexibility index (Phi) is 1.80. The monoisotopic (exact) mass is 138 g/mol. The summed E-state index contributed by atoms with van der Waals surface area (Å²) in [5.41, 5.74) is 5.33. The van der Waals surface area contributed by atoms with Crippen LogP contribution in [0.15, 0.2) is 6.33 Å². The van der Waals surface area contributed by atoms with Crippen LogP contribution in [0.1, 0.15) is 25.6 Å². The molecule has 0 aliphatic heterocycles. The number of nitrogens with zero attached hydrogens (tertiary/aromatic N) is 3. The fourth-order valence-corrected chi connectivity index (χ4v) is 0.600. The summed E-state index contributed by atoms with van der Waals surface area (Å²) in [6.45, 7) is 4.02. The summed E-state index contributed by atoms with van der Waals surface area (Å²) >= 11 is 0. The predicted octanol–water partition coefficient (Wildman–Crippen LogP) is 0.577. The van der Waals surface area contributed by atoms with Crippen molar-refractivity contribution in [3.8, 4) is 0 Å². The maximum absolute atomic E-state index is 5.33. The van der Waals surface area contributed by atoms with Crippen LogP contribution in [0.2, 0.25) is 0 Å². The highest BCUT2D eigenvalue weighted by Gasteiger charge is 2.01. The molecule has 0 aliphatic rings. The lowest BCUT2D eigenvalue weighted by Gasteiger charge is -2.00. The molecular formula is C6H10N4. The number of hydrogen-bond donors (Lipinski definition) is 1. The molecule has 0 fully saturated rings. The molecule has 4 heteroatoms. The lowest BCUT2D eigenvalue weighted by atomic mass is 10.2. The molecule has 1 rings (SSSR count). The number of rotatable bonds is 1.